The number of carbonyl (C=O) groups is 1. The summed E-state index contributed by atoms with van der Waals surface area (Å²) < 4.78 is 5.76. The normalized spacial score (nSPS) is 10.6. The molecule has 2 N–H and O–H groups in total. The van der Waals surface area contributed by atoms with Crippen LogP contribution in [0.5, 0.6) is 5.75 Å². The van der Waals surface area contributed by atoms with Crippen LogP contribution in [0.25, 0.3) is 0 Å². The highest BCUT2D eigenvalue weighted by molar-refractivity contribution is 5.96. The molecule has 1 amide bonds. The lowest BCUT2D eigenvalue weighted by molar-refractivity contribution is 0.0946. The van der Waals surface area contributed by atoms with E-state index in [1.165, 1.54) is 16.7 Å². The third kappa shape index (κ3) is 4.40. The van der Waals surface area contributed by atoms with Crippen molar-refractivity contribution in [2.24, 2.45) is 0 Å². The predicted molar refractivity (Wildman–Crippen MR) is 102 cm³/mol. The fourth-order valence-corrected chi connectivity index (χ4v) is 2.71. The first-order valence-electron chi connectivity index (χ1n) is 8.58. The third-order valence-electron chi connectivity index (χ3n) is 5.01. The van der Waals surface area contributed by atoms with Crippen molar-refractivity contribution < 1.29 is 9.53 Å². The van der Waals surface area contributed by atoms with Crippen LogP contribution >= 0.6 is 0 Å². The van der Waals surface area contributed by atoms with E-state index in [0.717, 1.165) is 28.0 Å². The molecule has 0 aliphatic rings. The van der Waals surface area contributed by atoms with E-state index >= 15 is 0 Å². The maximum Gasteiger partial charge on any atom is 0.252 e. The molecule has 0 saturated heterocycles. The summed E-state index contributed by atoms with van der Waals surface area (Å²) in [5, 5.41) is 5.96. The SMILES string of the molecule is Cc1ccc(OCNCNC(=O)c2ccc(C)c(C)c2C)c(C)c1C. The molecular weight excluding hydrogens is 312 g/mol. The lowest BCUT2D eigenvalue weighted by Crippen LogP contribution is -2.36. The first-order valence-corrected chi connectivity index (χ1v) is 8.58. The molecule has 2 aromatic rings. The topological polar surface area (TPSA) is 50.4 Å². The van der Waals surface area contributed by atoms with Crippen LogP contribution < -0.4 is 15.4 Å². The van der Waals surface area contributed by atoms with E-state index in [0.29, 0.717) is 13.4 Å². The molecular formula is C21H28N2O2. The number of aryl methyl sites for hydroxylation is 2. The van der Waals surface area contributed by atoms with E-state index in [9.17, 15) is 4.79 Å². The molecule has 0 heterocycles. The van der Waals surface area contributed by atoms with E-state index in [1.54, 1.807) is 0 Å². The lowest BCUT2D eigenvalue weighted by Gasteiger charge is -2.14. The van der Waals surface area contributed by atoms with Crippen molar-refractivity contribution in [2.75, 3.05) is 13.4 Å². The molecule has 134 valence electrons. The molecule has 0 radical (unpaired) electrons. The molecule has 4 nitrogen and oxygen atoms in total. The average molecular weight is 340 g/mol. The number of carbonyl (C=O) groups excluding carboxylic acids is 1. The van der Waals surface area contributed by atoms with Crippen LogP contribution in [0, 0.1) is 41.5 Å². The highest BCUT2D eigenvalue weighted by atomic mass is 16.5. The van der Waals surface area contributed by atoms with Gasteiger partial charge in [0.1, 0.15) is 12.5 Å². The zero-order valence-electron chi connectivity index (χ0n) is 16.0. The van der Waals surface area contributed by atoms with E-state index in [-0.39, 0.29) is 5.91 Å². The maximum atomic E-state index is 12.3. The summed E-state index contributed by atoms with van der Waals surface area (Å²) >= 11 is 0. The molecule has 0 fully saturated rings. The van der Waals surface area contributed by atoms with Crippen LogP contribution in [0.2, 0.25) is 0 Å². The third-order valence-corrected chi connectivity index (χ3v) is 5.01. The van der Waals surface area contributed by atoms with Crippen LogP contribution in [0.3, 0.4) is 0 Å². The summed E-state index contributed by atoms with van der Waals surface area (Å²) in [6.07, 6.45) is 0. The Hall–Kier alpha value is -2.33. The van der Waals surface area contributed by atoms with Crippen LogP contribution in [0.1, 0.15) is 43.7 Å². The van der Waals surface area contributed by atoms with Gasteiger partial charge >= 0.3 is 0 Å². The molecule has 0 aliphatic heterocycles. The molecule has 0 aromatic heterocycles. The number of amides is 1. The summed E-state index contributed by atoms with van der Waals surface area (Å²) in [5.41, 5.74) is 7.76. The second-order valence-corrected chi connectivity index (χ2v) is 6.53. The lowest BCUT2D eigenvalue weighted by atomic mass is 9.98. The second kappa shape index (κ2) is 8.17. The molecule has 2 rings (SSSR count). The van der Waals surface area contributed by atoms with Crippen molar-refractivity contribution in [3.8, 4) is 5.75 Å². The van der Waals surface area contributed by atoms with Crippen molar-refractivity contribution in [1.82, 2.24) is 10.6 Å². The van der Waals surface area contributed by atoms with Gasteiger partial charge in [-0.1, -0.05) is 12.1 Å². The maximum absolute atomic E-state index is 12.3. The average Bonchev–Trinajstić information content (AvgIpc) is 2.59. The van der Waals surface area contributed by atoms with E-state index < -0.39 is 0 Å². The van der Waals surface area contributed by atoms with Crippen LogP contribution in [0.15, 0.2) is 24.3 Å². The van der Waals surface area contributed by atoms with Gasteiger partial charge in [0.05, 0.1) is 6.67 Å². The number of rotatable bonds is 6. The number of hydrogen-bond donors (Lipinski definition) is 2. The quantitative estimate of drug-likeness (QED) is 0.620. The highest BCUT2D eigenvalue weighted by Crippen LogP contribution is 2.23. The van der Waals surface area contributed by atoms with Gasteiger partial charge in [-0.15, -0.1) is 0 Å². The van der Waals surface area contributed by atoms with Crippen molar-refractivity contribution in [3.63, 3.8) is 0 Å². The Kier molecular flexibility index (Phi) is 6.21. The van der Waals surface area contributed by atoms with Crippen LogP contribution in [-0.4, -0.2) is 19.3 Å². The molecule has 0 aliphatic carbocycles. The van der Waals surface area contributed by atoms with E-state index in [2.05, 4.69) is 44.4 Å². The Balaban J connectivity index is 1.83. The fraction of sp³-hybridized carbons (Fsp3) is 0.381. The van der Waals surface area contributed by atoms with Crippen LogP contribution in [0.4, 0.5) is 0 Å². The summed E-state index contributed by atoms with van der Waals surface area (Å²) in [6.45, 7) is 13.0. The highest BCUT2D eigenvalue weighted by Gasteiger charge is 2.11. The smallest absolute Gasteiger partial charge is 0.252 e. The van der Waals surface area contributed by atoms with Crippen molar-refractivity contribution in [1.29, 1.82) is 0 Å². The number of benzene rings is 2. The first kappa shape index (κ1) is 19.0. The van der Waals surface area contributed by atoms with Crippen molar-refractivity contribution in [2.45, 2.75) is 41.5 Å². The molecule has 2 aromatic carbocycles. The monoisotopic (exact) mass is 340 g/mol. The number of nitrogens with one attached hydrogen (secondary N) is 2. The first-order chi connectivity index (χ1) is 11.8. The minimum Gasteiger partial charge on any atom is -0.478 e. The molecule has 4 heteroatoms. The molecule has 0 spiro atoms. The molecule has 25 heavy (non-hydrogen) atoms. The Bertz CT molecular complexity index is 782. The molecule has 0 bridgehead atoms. The summed E-state index contributed by atoms with van der Waals surface area (Å²) in [4.78, 5) is 12.3. The molecule has 0 atom stereocenters. The fourth-order valence-electron chi connectivity index (χ4n) is 2.71. The Morgan fingerprint density at radius 3 is 2.12 bits per heavy atom. The number of ether oxygens (including phenoxy) is 1. The van der Waals surface area contributed by atoms with Gasteiger partial charge in [0.2, 0.25) is 0 Å². The number of hydrogen-bond acceptors (Lipinski definition) is 3. The van der Waals surface area contributed by atoms with Gasteiger partial charge in [-0.2, -0.15) is 0 Å². The molecule has 0 saturated carbocycles. The van der Waals surface area contributed by atoms with Crippen molar-refractivity contribution >= 4 is 5.91 Å². The minimum atomic E-state index is -0.0736. The van der Waals surface area contributed by atoms with Gasteiger partial charge in [0, 0.05) is 5.56 Å². The predicted octanol–water partition coefficient (Wildman–Crippen LogP) is 3.85. The zero-order valence-corrected chi connectivity index (χ0v) is 16.0. The largest absolute Gasteiger partial charge is 0.478 e. The van der Waals surface area contributed by atoms with Gasteiger partial charge in [0.25, 0.3) is 5.91 Å². The van der Waals surface area contributed by atoms with Gasteiger partial charge in [-0.05, 0) is 87.1 Å². The molecule has 0 unspecified atom stereocenters. The van der Waals surface area contributed by atoms with Gasteiger partial charge in [-0.25, -0.2) is 0 Å². The summed E-state index contributed by atoms with van der Waals surface area (Å²) in [5.74, 6) is 0.794. The summed E-state index contributed by atoms with van der Waals surface area (Å²) in [7, 11) is 0. The standard InChI is InChI=1S/C21H28N2O2/c1-13-7-9-19(17(5)15(13)3)21(24)23-11-22-12-25-20-10-8-14(2)16(4)18(20)6/h7-10,22H,11-12H2,1-6H3,(H,23,24). The van der Waals surface area contributed by atoms with Crippen LogP contribution in [-0.2, 0) is 0 Å². The van der Waals surface area contributed by atoms with E-state index in [4.69, 9.17) is 4.74 Å². The van der Waals surface area contributed by atoms with E-state index in [1.807, 2.05) is 32.0 Å². The summed E-state index contributed by atoms with van der Waals surface area (Å²) in [6, 6.07) is 7.90. The minimum absolute atomic E-state index is 0.0736. The Morgan fingerprint density at radius 2 is 1.44 bits per heavy atom. The van der Waals surface area contributed by atoms with Crippen molar-refractivity contribution in [3.05, 3.63) is 63.2 Å². The Morgan fingerprint density at radius 1 is 0.840 bits per heavy atom. The van der Waals surface area contributed by atoms with Gasteiger partial charge in [-0.3, -0.25) is 10.1 Å². The zero-order chi connectivity index (χ0) is 18.6. The second-order valence-electron chi connectivity index (χ2n) is 6.53. The van der Waals surface area contributed by atoms with Gasteiger partial charge in [0.15, 0.2) is 0 Å². The Labute approximate surface area is 150 Å². The van der Waals surface area contributed by atoms with Gasteiger partial charge < -0.3 is 10.1 Å².